The topological polar surface area (TPSA) is 141 Å². The van der Waals surface area contributed by atoms with Crippen molar-refractivity contribution in [1.29, 1.82) is 0 Å². The molecule has 0 saturated carbocycles. The Morgan fingerprint density at radius 3 is 1.34 bits per heavy atom. The molecule has 8 nitrogen and oxygen atoms in total. The van der Waals surface area contributed by atoms with Crippen LogP contribution in [-0.4, -0.2) is 42.3 Å². The summed E-state index contributed by atoms with van der Waals surface area (Å²) in [6, 6.07) is 16.8. The summed E-state index contributed by atoms with van der Waals surface area (Å²) >= 11 is 0. The number of carboxylic acids is 2. The monoisotopic (exact) mass is 442 g/mol. The third-order valence-electron chi connectivity index (χ3n) is 3.81. The van der Waals surface area contributed by atoms with Gasteiger partial charge in [-0.2, -0.15) is 0 Å². The molecule has 0 fully saturated rings. The van der Waals surface area contributed by atoms with Crippen molar-refractivity contribution < 1.29 is 49.5 Å². The third kappa shape index (κ3) is 4.83. The van der Waals surface area contributed by atoms with Crippen LogP contribution in [0.4, 0.5) is 0 Å². The fraction of sp³-hybridized carbons (Fsp3) is 0. The Labute approximate surface area is 176 Å². The van der Waals surface area contributed by atoms with Crippen LogP contribution in [0.1, 0.15) is 21.0 Å². The molecule has 9 heteroatoms. The number of nitrogens with zero attached hydrogens (tertiary/aromatic N) is 2. The molecule has 0 spiro atoms. The predicted molar refractivity (Wildman–Crippen MR) is 101 cm³/mol. The van der Waals surface area contributed by atoms with Crippen LogP contribution in [0.2, 0.25) is 0 Å². The van der Waals surface area contributed by atoms with E-state index in [-0.39, 0.29) is 42.4 Å². The van der Waals surface area contributed by atoms with E-state index in [9.17, 15) is 19.8 Å². The molecule has 4 aromatic rings. The first kappa shape index (κ1) is 21.7. The summed E-state index contributed by atoms with van der Waals surface area (Å²) in [6.07, 6.45) is 0. The molecule has 0 aliphatic carbocycles. The molecule has 0 aliphatic rings. The Balaban J connectivity index is 0.000000200. The maximum atomic E-state index is 10.6. The second-order valence-electron chi connectivity index (χ2n) is 5.71. The van der Waals surface area contributed by atoms with Gasteiger partial charge in [-0.25, -0.2) is 19.6 Å². The molecule has 142 valence electrons. The van der Waals surface area contributed by atoms with E-state index in [0.717, 1.165) is 10.8 Å². The second-order valence-corrected chi connectivity index (χ2v) is 5.71. The summed E-state index contributed by atoms with van der Waals surface area (Å²) in [5.41, 5.74) is 0.484. The molecule has 0 aliphatic heterocycles. The number of aromatic hydroxyl groups is 2. The minimum Gasteiger partial charge on any atom is -0.505 e. The summed E-state index contributed by atoms with van der Waals surface area (Å²) in [5.74, 6) is -3.08. The van der Waals surface area contributed by atoms with Crippen LogP contribution in [-0.2, 0) is 19.5 Å². The van der Waals surface area contributed by atoms with Crippen LogP contribution < -0.4 is 0 Å². The first-order valence-corrected chi connectivity index (χ1v) is 8.01. The maximum Gasteiger partial charge on any atom is 0.358 e. The van der Waals surface area contributed by atoms with Crippen molar-refractivity contribution in [2.75, 3.05) is 0 Å². The average molecular weight is 444 g/mol. The van der Waals surface area contributed by atoms with Crippen molar-refractivity contribution in [1.82, 2.24) is 9.97 Å². The Hall–Kier alpha value is -3.58. The number of pyridine rings is 2. The minimum atomic E-state index is -1.23. The first-order valence-electron chi connectivity index (χ1n) is 8.01. The van der Waals surface area contributed by atoms with Gasteiger partial charge in [-0.1, -0.05) is 36.4 Å². The van der Waals surface area contributed by atoms with Gasteiger partial charge in [-0.15, -0.1) is 0 Å². The number of carboxylic acid groups (broad SMARTS) is 2. The normalized spacial score (nSPS) is 9.93. The summed E-state index contributed by atoms with van der Waals surface area (Å²) < 4.78 is 0. The zero-order valence-corrected chi connectivity index (χ0v) is 17.9. The SMILES string of the molecule is O=C(O)c1nc2ccccc2cc1O.O=C(O)c1nc2ccccc2cc1O.[Zn]. The van der Waals surface area contributed by atoms with E-state index in [2.05, 4.69) is 9.97 Å². The second kappa shape index (κ2) is 9.08. The van der Waals surface area contributed by atoms with Crippen LogP contribution in [0.3, 0.4) is 0 Å². The molecule has 29 heavy (non-hydrogen) atoms. The van der Waals surface area contributed by atoms with Crippen molar-refractivity contribution in [2.24, 2.45) is 0 Å². The van der Waals surface area contributed by atoms with Crippen molar-refractivity contribution in [3.63, 3.8) is 0 Å². The fourth-order valence-electron chi connectivity index (χ4n) is 2.52. The molecular formula is C20H14N2O6Zn. The maximum absolute atomic E-state index is 10.6. The molecule has 4 rings (SSSR count). The number of aromatic carboxylic acids is 2. The van der Waals surface area contributed by atoms with Gasteiger partial charge in [-0.3, -0.25) is 0 Å². The van der Waals surface area contributed by atoms with Gasteiger partial charge >= 0.3 is 11.9 Å². The number of para-hydroxylation sites is 2. The van der Waals surface area contributed by atoms with Gasteiger partial charge in [0.15, 0.2) is 11.4 Å². The van der Waals surface area contributed by atoms with E-state index < -0.39 is 11.9 Å². The third-order valence-corrected chi connectivity index (χ3v) is 3.81. The van der Waals surface area contributed by atoms with E-state index in [4.69, 9.17) is 10.2 Å². The van der Waals surface area contributed by atoms with E-state index in [0.29, 0.717) is 11.0 Å². The standard InChI is InChI=1S/2C10H7NO3.Zn/c2*12-8-5-6-3-1-2-4-7(6)11-9(8)10(13)14;/h2*1-5,12H,(H,13,14);. The Morgan fingerprint density at radius 1 is 0.655 bits per heavy atom. The molecule has 0 saturated heterocycles. The smallest absolute Gasteiger partial charge is 0.358 e. The molecule has 2 heterocycles. The zero-order valence-electron chi connectivity index (χ0n) is 15.0. The summed E-state index contributed by atoms with van der Waals surface area (Å²) in [4.78, 5) is 28.9. The van der Waals surface area contributed by atoms with Crippen LogP contribution in [0.5, 0.6) is 11.5 Å². The summed E-state index contributed by atoms with van der Waals surface area (Å²) in [6.45, 7) is 0. The molecule has 2 aromatic heterocycles. The van der Waals surface area contributed by atoms with E-state index in [1.165, 1.54) is 12.1 Å². The molecule has 0 atom stereocenters. The van der Waals surface area contributed by atoms with E-state index in [1.54, 1.807) is 48.5 Å². The Morgan fingerprint density at radius 2 is 1.00 bits per heavy atom. The van der Waals surface area contributed by atoms with Gasteiger partial charge in [0, 0.05) is 30.3 Å². The van der Waals surface area contributed by atoms with Crippen LogP contribution in [0.25, 0.3) is 21.8 Å². The van der Waals surface area contributed by atoms with E-state index in [1.807, 2.05) is 0 Å². The fourth-order valence-corrected chi connectivity index (χ4v) is 2.52. The number of hydrogen-bond donors (Lipinski definition) is 4. The minimum absolute atomic E-state index is 0. The quantitative estimate of drug-likeness (QED) is 0.346. The Kier molecular flexibility index (Phi) is 6.80. The van der Waals surface area contributed by atoms with Crippen LogP contribution >= 0.6 is 0 Å². The Bertz CT molecular complexity index is 1120. The first-order chi connectivity index (χ1) is 13.4. The molecule has 2 aromatic carbocycles. The van der Waals surface area contributed by atoms with Crippen molar-refractivity contribution in [2.45, 2.75) is 0 Å². The molecule has 0 amide bonds. The van der Waals surface area contributed by atoms with Crippen molar-refractivity contribution in [3.8, 4) is 11.5 Å². The summed E-state index contributed by atoms with van der Waals surface area (Å²) in [5, 5.41) is 37.5. The van der Waals surface area contributed by atoms with Crippen LogP contribution in [0.15, 0.2) is 60.7 Å². The number of benzene rings is 2. The molecule has 4 N–H and O–H groups in total. The molecular weight excluding hydrogens is 430 g/mol. The number of carbonyl (C=O) groups is 2. The molecule has 0 unspecified atom stereocenters. The van der Waals surface area contributed by atoms with E-state index >= 15 is 0 Å². The summed E-state index contributed by atoms with van der Waals surface area (Å²) in [7, 11) is 0. The van der Waals surface area contributed by atoms with Gasteiger partial charge in [-0.05, 0) is 24.3 Å². The van der Waals surface area contributed by atoms with Gasteiger partial charge in [0.25, 0.3) is 0 Å². The number of aromatic nitrogens is 2. The van der Waals surface area contributed by atoms with Crippen molar-refractivity contribution in [3.05, 3.63) is 72.1 Å². The molecule has 0 bridgehead atoms. The van der Waals surface area contributed by atoms with Crippen molar-refractivity contribution >= 4 is 33.7 Å². The molecule has 0 radical (unpaired) electrons. The number of hydrogen-bond acceptors (Lipinski definition) is 6. The van der Waals surface area contributed by atoms with Crippen LogP contribution in [0, 0.1) is 0 Å². The van der Waals surface area contributed by atoms with Gasteiger partial charge in [0.2, 0.25) is 0 Å². The zero-order chi connectivity index (χ0) is 20.3. The number of rotatable bonds is 2. The average Bonchev–Trinajstić information content (AvgIpc) is 2.67. The number of fused-ring (bicyclic) bond motifs is 2. The van der Waals surface area contributed by atoms with Gasteiger partial charge in [0.1, 0.15) is 11.5 Å². The van der Waals surface area contributed by atoms with Gasteiger partial charge in [0.05, 0.1) is 11.0 Å². The largest absolute Gasteiger partial charge is 0.505 e. The predicted octanol–water partition coefficient (Wildman–Crippen LogP) is 3.27. The van der Waals surface area contributed by atoms with Gasteiger partial charge < -0.3 is 20.4 Å².